The summed E-state index contributed by atoms with van der Waals surface area (Å²) in [4.78, 5) is 12.2. The number of hydrogen-bond acceptors (Lipinski definition) is 2. The van der Waals surface area contributed by atoms with Gasteiger partial charge >= 0.3 is 11.8 Å². The maximum atomic E-state index is 13.7. The third kappa shape index (κ3) is 2.31. The molecule has 2 aromatic heterocycles. The predicted molar refractivity (Wildman–Crippen MR) is 89.4 cm³/mol. The molecule has 0 aliphatic carbocycles. The van der Waals surface area contributed by atoms with Crippen LogP contribution in [-0.4, -0.2) is 4.57 Å². The van der Waals surface area contributed by atoms with Crippen molar-refractivity contribution in [2.24, 2.45) is 7.05 Å². The summed E-state index contributed by atoms with van der Waals surface area (Å²) in [5.41, 5.74) is -2.45. The van der Waals surface area contributed by atoms with Crippen molar-refractivity contribution in [3.05, 3.63) is 70.3 Å². The summed E-state index contributed by atoms with van der Waals surface area (Å²) in [5.74, 6) is -0.575. The van der Waals surface area contributed by atoms with Gasteiger partial charge in [-0.25, -0.2) is 9.18 Å². The molecule has 0 radical (unpaired) electrons. The fourth-order valence-corrected chi connectivity index (χ4v) is 3.28. The Kier molecular flexibility index (Phi) is 3.44. The highest BCUT2D eigenvalue weighted by molar-refractivity contribution is 6.09. The number of aryl methyl sites for hydroxylation is 1. The van der Waals surface area contributed by atoms with Crippen molar-refractivity contribution >= 4 is 22.0 Å². The van der Waals surface area contributed by atoms with Gasteiger partial charge in [0.1, 0.15) is 5.82 Å². The van der Waals surface area contributed by atoms with E-state index in [1.807, 2.05) is 0 Å². The van der Waals surface area contributed by atoms with Crippen LogP contribution in [0.5, 0.6) is 0 Å². The van der Waals surface area contributed by atoms with E-state index < -0.39 is 23.2 Å². The number of halogens is 4. The summed E-state index contributed by atoms with van der Waals surface area (Å²) in [5, 5.41) is 0.241. The maximum absolute atomic E-state index is 13.7. The molecule has 0 aliphatic heterocycles. The lowest BCUT2D eigenvalue weighted by atomic mass is 9.99. The molecule has 132 valence electrons. The number of aromatic nitrogens is 1. The number of alkyl halides is 3. The Morgan fingerprint density at radius 1 is 1.04 bits per heavy atom. The molecule has 2 aromatic carbocycles. The van der Waals surface area contributed by atoms with Crippen LogP contribution in [0.15, 0.2) is 57.7 Å². The number of fused-ring (bicyclic) bond motifs is 3. The Labute approximate surface area is 144 Å². The molecule has 0 bridgehead atoms. The molecule has 0 saturated heterocycles. The Morgan fingerprint density at radius 2 is 1.73 bits per heavy atom. The Morgan fingerprint density at radius 3 is 2.38 bits per heavy atom. The predicted octanol–water partition coefficient (Wildman–Crippen LogP) is 5.11. The topological polar surface area (TPSA) is 35.1 Å². The van der Waals surface area contributed by atoms with Crippen LogP contribution in [0, 0.1) is 5.82 Å². The van der Waals surface area contributed by atoms with E-state index in [4.69, 9.17) is 4.42 Å². The molecule has 0 aliphatic rings. The quantitative estimate of drug-likeness (QED) is 0.442. The lowest BCUT2D eigenvalue weighted by Crippen LogP contribution is -2.20. The molecule has 0 saturated carbocycles. The van der Waals surface area contributed by atoms with Crippen molar-refractivity contribution in [3.8, 4) is 11.1 Å². The molecule has 0 spiro atoms. The summed E-state index contributed by atoms with van der Waals surface area (Å²) < 4.78 is 61.1. The molecule has 4 rings (SSSR count). The van der Waals surface area contributed by atoms with E-state index in [-0.39, 0.29) is 27.6 Å². The van der Waals surface area contributed by atoms with E-state index in [0.29, 0.717) is 5.52 Å². The number of hydrogen-bond donors (Lipinski definition) is 0. The van der Waals surface area contributed by atoms with E-state index in [0.717, 1.165) is 6.07 Å². The summed E-state index contributed by atoms with van der Waals surface area (Å²) in [6, 6.07) is 11.6. The number of benzene rings is 2. The van der Waals surface area contributed by atoms with Gasteiger partial charge in [0, 0.05) is 18.0 Å². The normalized spacial score (nSPS) is 12.2. The third-order valence-corrected chi connectivity index (χ3v) is 4.35. The fourth-order valence-electron chi connectivity index (χ4n) is 3.28. The number of rotatable bonds is 1. The van der Waals surface area contributed by atoms with Crippen LogP contribution in [0.2, 0.25) is 0 Å². The minimum Gasteiger partial charge on any atom is -0.420 e. The van der Waals surface area contributed by atoms with Gasteiger partial charge in [0.2, 0.25) is 0 Å². The minimum absolute atomic E-state index is 0.0705. The molecule has 7 heteroatoms. The molecular formula is C19H11F4NO2. The lowest BCUT2D eigenvalue weighted by Gasteiger charge is -2.13. The minimum atomic E-state index is -4.90. The van der Waals surface area contributed by atoms with Crippen molar-refractivity contribution in [2.75, 3.05) is 0 Å². The molecule has 3 nitrogen and oxygen atoms in total. The van der Waals surface area contributed by atoms with Gasteiger partial charge in [0.25, 0.3) is 0 Å². The molecule has 26 heavy (non-hydrogen) atoms. The lowest BCUT2D eigenvalue weighted by molar-refractivity contribution is -0.139. The first-order chi connectivity index (χ1) is 12.3. The second-order valence-corrected chi connectivity index (χ2v) is 5.90. The van der Waals surface area contributed by atoms with Crippen LogP contribution in [-0.2, 0) is 13.2 Å². The molecular weight excluding hydrogens is 350 g/mol. The Balaban J connectivity index is 2.31. The van der Waals surface area contributed by atoms with E-state index in [1.54, 1.807) is 25.2 Å². The first-order valence-corrected chi connectivity index (χ1v) is 7.66. The molecule has 0 atom stereocenters. The highest BCUT2D eigenvalue weighted by Crippen LogP contribution is 2.41. The van der Waals surface area contributed by atoms with Gasteiger partial charge in [-0.3, -0.25) is 0 Å². The summed E-state index contributed by atoms with van der Waals surface area (Å²) in [7, 11) is 1.55. The highest BCUT2D eigenvalue weighted by Gasteiger charge is 2.40. The first kappa shape index (κ1) is 16.4. The van der Waals surface area contributed by atoms with Crippen LogP contribution in [0.25, 0.3) is 33.1 Å². The molecule has 0 unspecified atom stereocenters. The Hall–Kier alpha value is -3.09. The van der Waals surface area contributed by atoms with Crippen LogP contribution < -0.4 is 5.63 Å². The monoisotopic (exact) mass is 361 g/mol. The van der Waals surface area contributed by atoms with Crippen molar-refractivity contribution in [3.63, 3.8) is 0 Å². The average molecular weight is 361 g/mol. The van der Waals surface area contributed by atoms with Crippen molar-refractivity contribution in [1.29, 1.82) is 0 Å². The molecule has 4 aromatic rings. The van der Waals surface area contributed by atoms with Gasteiger partial charge in [-0.1, -0.05) is 30.3 Å². The average Bonchev–Trinajstić information content (AvgIpc) is 2.85. The van der Waals surface area contributed by atoms with Gasteiger partial charge in [-0.15, -0.1) is 0 Å². The summed E-state index contributed by atoms with van der Waals surface area (Å²) in [6.45, 7) is 0. The zero-order valence-corrected chi connectivity index (χ0v) is 13.4. The van der Waals surface area contributed by atoms with Gasteiger partial charge < -0.3 is 8.98 Å². The third-order valence-electron chi connectivity index (χ3n) is 4.35. The van der Waals surface area contributed by atoms with Crippen LogP contribution in [0.1, 0.15) is 5.56 Å². The van der Waals surface area contributed by atoms with Crippen molar-refractivity contribution in [2.45, 2.75) is 6.18 Å². The van der Waals surface area contributed by atoms with Crippen molar-refractivity contribution < 1.29 is 22.0 Å². The van der Waals surface area contributed by atoms with Crippen LogP contribution in [0.3, 0.4) is 0 Å². The van der Waals surface area contributed by atoms with E-state index in [1.165, 1.54) is 28.8 Å². The second-order valence-electron chi connectivity index (χ2n) is 5.90. The molecule has 0 fully saturated rings. The van der Waals surface area contributed by atoms with Gasteiger partial charge in [0.05, 0.1) is 11.0 Å². The second kappa shape index (κ2) is 5.45. The summed E-state index contributed by atoms with van der Waals surface area (Å²) >= 11 is 0. The zero-order chi connectivity index (χ0) is 18.6. The largest absolute Gasteiger partial charge is 0.424 e. The SMILES string of the molecule is Cn1c2ccc(F)cc2c2oc(=O)c(C(F)(F)F)c(-c3ccccc3)c21. The summed E-state index contributed by atoms with van der Waals surface area (Å²) in [6.07, 6.45) is -4.90. The zero-order valence-electron chi connectivity index (χ0n) is 13.4. The fraction of sp³-hybridized carbons (Fsp3) is 0.105. The van der Waals surface area contributed by atoms with Gasteiger partial charge in [-0.2, -0.15) is 13.2 Å². The molecule has 0 N–H and O–H groups in total. The highest BCUT2D eigenvalue weighted by atomic mass is 19.4. The van der Waals surface area contributed by atoms with Gasteiger partial charge in [0.15, 0.2) is 11.1 Å². The van der Waals surface area contributed by atoms with Crippen molar-refractivity contribution in [1.82, 2.24) is 4.57 Å². The van der Waals surface area contributed by atoms with E-state index >= 15 is 0 Å². The molecule has 2 heterocycles. The van der Waals surface area contributed by atoms with Crippen LogP contribution >= 0.6 is 0 Å². The van der Waals surface area contributed by atoms with Gasteiger partial charge in [-0.05, 0) is 23.8 Å². The van der Waals surface area contributed by atoms with Crippen LogP contribution in [0.4, 0.5) is 17.6 Å². The maximum Gasteiger partial charge on any atom is 0.424 e. The first-order valence-electron chi connectivity index (χ1n) is 7.66. The number of nitrogens with zero attached hydrogens (tertiary/aromatic N) is 1. The standard InChI is InChI=1S/C19H11F4NO2/c1-24-13-8-7-11(20)9-12(13)17-16(24)14(10-5-3-2-4-6-10)15(18(25)26-17)19(21,22)23/h2-9H,1H3. The molecule has 0 amide bonds. The smallest absolute Gasteiger partial charge is 0.420 e. The van der Waals surface area contributed by atoms with E-state index in [9.17, 15) is 22.4 Å². The van der Waals surface area contributed by atoms with E-state index in [2.05, 4.69) is 0 Å². The Bertz CT molecular complexity index is 1200.